The van der Waals surface area contributed by atoms with Crippen molar-refractivity contribution in [1.82, 2.24) is 14.8 Å². The van der Waals surface area contributed by atoms with Crippen molar-refractivity contribution in [1.29, 1.82) is 0 Å². The van der Waals surface area contributed by atoms with Crippen molar-refractivity contribution < 1.29 is 16.8 Å². The smallest absolute Gasteiger partial charge is 0.211 e. The lowest BCUT2D eigenvalue weighted by Gasteiger charge is -2.32. The molecule has 0 radical (unpaired) electrons. The van der Waals surface area contributed by atoms with E-state index in [0.717, 1.165) is 25.7 Å². The van der Waals surface area contributed by atoms with Gasteiger partial charge in [0.2, 0.25) is 20.0 Å². The minimum absolute atomic E-state index is 0.0684. The largest absolute Gasteiger partial charge is 0.312 e. The molecule has 0 saturated heterocycles. The van der Waals surface area contributed by atoms with E-state index in [9.17, 15) is 16.8 Å². The van der Waals surface area contributed by atoms with Crippen LogP contribution in [-0.4, -0.2) is 54.0 Å². The maximum atomic E-state index is 11.3. The van der Waals surface area contributed by atoms with Crippen LogP contribution >= 0.6 is 0 Å². The molecule has 1 fully saturated rings. The second-order valence-corrected chi connectivity index (χ2v) is 9.37. The number of hydrogen-bond acceptors (Lipinski definition) is 5. The average molecular weight is 341 g/mol. The van der Waals surface area contributed by atoms with Gasteiger partial charge in [0.15, 0.2) is 0 Å². The minimum Gasteiger partial charge on any atom is -0.312 e. The summed E-state index contributed by atoms with van der Waals surface area (Å²) in [6.45, 7) is 2.67. The highest BCUT2D eigenvalue weighted by atomic mass is 32.2. The molecule has 1 rings (SSSR count). The highest BCUT2D eigenvalue weighted by Crippen LogP contribution is 2.19. The number of sulfonamides is 2. The van der Waals surface area contributed by atoms with Gasteiger partial charge in [-0.05, 0) is 32.7 Å². The lowest BCUT2D eigenvalue weighted by molar-refractivity contribution is 0.310. The molecule has 126 valence electrons. The van der Waals surface area contributed by atoms with E-state index >= 15 is 0 Å². The third-order valence-corrected chi connectivity index (χ3v) is 5.73. The summed E-state index contributed by atoms with van der Waals surface area (Å²) in [5.41, 5.74) is 0. The zero-order valence-corrected chi connectivity index (χ0v) is 14.4. The van der Waals surface area contributed by atoms with Crippen LogP contribution in [-0.2, 0) is 20.0 Å². The van der Waals surface area contributed by atoms with Crippen LogP contribution in [0, 0.1) is 0 Å². The zero-order valence-electron chi connectivity index (χ0n) is 12.8. The van der Waals surface area contributed by atoms with E-state index in [-0.39, 0.29) is 17.8 Å². The molecule has 0 aromatic rings. The van der Waals surface area contributed by atoms with Crippen LogP contribution in [0.25, 0.3) is 0 Å². The number of nitrogens with one attached hydrogen (secondary N) is 3. The summed E-state index contributed by atoms with van der Waals surface area (Å²) in [4.78, 5) is 0. The molecule has 0 aromatic heterocycles. The Bertz CT molecular complexity index is 505. The number of rotatable bonds is 9. The van der Waals surface area contributed by atoms with Crippen LogP contribution in [0.2, 0.25) is 0 Å². The van der Waals surface area contributed by atoms with E-state index < -0.39 is 20.0 Å². The molecule has 1 saturated carbocycles. The van der Waals surface area contributed by atoms with Gasteiger partial charge in [0.25, 0.3) is 0 Å². The standard InChI is InChI=1S/C12H27N3O4S2/c1-3-21(18,19)14-10-6-9-13-11-7-4-5-8-12(11)15-20(2,16)17/h11-15H,3-10H2,1-2H3/t11-,12-/m1/s1. The van der Waals surface area contributed by atoms with Crippen LogP contribution in [0.1, 0.15) is 39.0 Å². The van der Waals surface area contributed by atoms with Gasteiger partial charge in [-0.1, -0.05) is 12.8 Å². The fraction of sp³-hybridized carbons (Fsp3) is 1.00. The third-order valence-electron chi connectivity index (χ3n) is 3.59. The lowest BCUT2D eigenvalue weighted by atomic mass is 9.91. The Balaban J connectivity index is 2.31. The minimum atomic E-state index is -3.20. The maximum absolute atomic E-state index is 11.3. The Morgan fingerprint density at radius 1 is 1.00 bits per heavy atom. The first-order chi connectivity index (χ1) is 9.73. The van der Waals surface area contributed by atoms with Crippen molar-refractivity contribution in [3.05, 3.63) is 0 Å². The quantitative estimate of drug-likeness (QED) is 0.502. The predicted molar refractivity (Wildman–Crippen MR) is 84.1 cm³/mol. The third kappa shape index (κ3) is 8.10. The van der Waals surface area contributed by atoms with Gasteiger partial charge in [0, 0.05) is 18.6 Å². The highest BCUT2D eigenvalue weighted by molar-refractivity contribution is 7.89. The second-order valence-electron chi connectivity index (χ2n) is 5.49. The van der Waals surface area contributed by atoms with Crippen LogP contribution in [0.4, 0.5) is 0 Å². The van der Waals surface area contributed by atoms with Crippen molar-refractivity contribution in [3.63, 3.8) is 0 Å². The van der Waals surface area contributed by atoms with Gasteiger partial charge in [-0.15, -0.1) is 0 Å². The van der Waals surface area contributed by atoms with Gasteiger partial charge >= 0.3 is 0 Å². The molecular weight excluding hydrogens is 314 g/mol. The van der Waals surface area contributed by atoms with Crippen LogP contribution in [0.15, 0.2) is 0 Å². The molecule has 0 aliphatic heterocycles. The molecule has 0 bridgehead atoms. The van der Waals surface area contributed by atoms with Gasteiger partial charge in [-0.25, -0.2) is 26.3 Å². The van der Waals surface area contributed by atoms with Crippen molar-refractivity contribution in [3.8, 4) is 0 Å². The molecule has 0 amide bonds. The molecule has 0 spiro atoms. The number of hydrogen-bond donors (Lipinski definition) is 3. The van der Waals surface area contributed by atoms with Crippen molar-refractivity contribution in [2.24, 2.45) is 0 Å². The molecule has 9 heteroatoms. The van der Waals surface area contributed by atoms with E-state index in [1.165, 1.54) is 6.26 Å². The van der Waals surface area contributed by atoms with E-state index in [4.69, 9.17) is 0 Å². The van der Waals surface area contributed by atoms with Gasteiger partial charge < -0.3 is 5.32 Å². The first kappa shape index (κ1) is 18.8. The van der Waals surface area contributed by atoms with Crippen LogP contribution in [0.5, 0.6) is 0 Å². The van der Waals surface area contributed by atoms with Gasteiger partial charge in [0.1, 0.15) is 0 Å². The zero-order chi connectivity index (χ0) is 15.9. The summed E-state index contributed by atoms with van der Waals surface area (Å²) in [6.07, 6.45) is 5.75. The Morgan fingerprint density at radius 2 is 1.62 bits per heavy atom. The predicted octanol–water partition coefficient (Wildman–Crippen LogP) is -0.234. The van der Waals surface area contributed by atoms with E-state index in [2.05, 4.69) is 14.8 Å². The highest BCUT2D eigenvalue weighted by Gasteiger charge is 2.26. The molecule has 0 heterocycles. The summed E-state index contributed by atoms with van der Waals surface area (Å²) >= 11 is 0. The van der Waals surface area contributed by atoms with E-state index in [0.29, 0.717) is 19.5 Å². The molecule has 3 N–H and O–H groups in total. The average Bonchev–Trinajstić information content (AvgIpc) is 2.38. The fourth-order valence-corrected chi connectivity index (χ4v) is 3.99. The molecule has 21 heavy (non-hydrogen) atoms. The van der Waals surface area contributed by atoms with Crippen molar-refractivity contribution >= 4 is 20.0 Å². The van der Waals surface area contributed by atoms with E-state index in [1.807, 2.05) is 0 Å². The van der Waals surface area contributed by atoms with Gasteiger partial charge in [-0.2, -0.15) is 0 Å². The van der Waals surface area contributed by atoms with Crippen LogP contribution < -0.4 is 14.8 Å². The molecule has 0 aromatic carbocycles. The van der Waals surface area contributed by atoms with Gasteiger partial charge in [0.05, 0.1) is 12.0 Å². The SMILES string of the molecule is CCS(=O)(=O)NCCCN[C@@H]1CCCC[C@H]1NS(C)(=O)=O. The Hall–Kier alpha value is -0.220. The summed E-state index contributed by atoms with van der Waals surface area (Å²) in [7, 11) is -6.33. The Labute approximate surface area is 128 Å². The fourth-order valence-electron chi connectivity index (χ4n) is 2.50. The summed E-state index contributed by atoms with van der Waals surface area (Å²) < 4.78 is 50.4. The topological polar surface area (TPSA) is 104 Å². The molecule has 0 unspecified atom stereocenters. The maximum Gasteiger partial charge on any atom is 0.211 e. The summed E-state index contributed by atoms with van der Waals surface area (Å²) in [6, 6.07) is 0.0531. The summed E-state index contributed by atoms with van der Waals surface area (Å²) in [5, 5.41) is 3.34. The monoisotopic (exact) mass is 341 g/mol. The molecule has 1 aliphatic carbocycles. The van der Waals surface area contributed by atoms with E-state index in [1.54, 1.807) is 6.92 Å². The van der Waals surface area contributed by atoms with Gasteiger partial charge in [-0.3, -0.25) is 0 Å². The first-order valence-electron chi connectivity index (χ1n) is 7.41. The Morgan fingerprint density at radius 3 is 2.19 bits per heavy atom. The molecule has 7 nitrogen and oxygen atoms in total. The molecule has 1 aliphatic rings. The Kier molecular flexibility index (Phi) is 7.55. The second kappa shape index (κ2) is 8.42. The van der Waals surface area contributed by atoms with Crippen molar-refractivity contribution in [2.45, 2.75) is 51.1 Å². The molecular formula is C12H27N3O4S2. The first-order valence-corrected chi connectivity index (χ1v) is 11.0. The normalized spacial score (nSPS) is 24.1. The summed E-state index contributed by atoms with van der Waals surface area (Å²) in [5.74, 6) is 0.0867. The van der Waals surface area contributed by atoms with Crippen LogP contribution in [0.3, 0.4) is 0 Å². The lowest BCUT2D eigenvalue weighted by Crippen LogP contribution is -2.51. The van der Waals surface area contributed by atoms with Crippen molar-refractivity contribution in [2.75, 3.05) is 25.1 Å². The molecule has 2 atom stereocenters.